The summed E-state index contributed by atoms with van der Waals surface area (Å²) in [6, 6.07) is 11.6. The molecule has 0 atom stereocenters. The van der Waals surface area contributed by atoms with Crippen molar-refractivity contribution in [2.45, 2.75) is 19.4 Å². The van der Waals surface area contributed by atoms with Gasteiger partial charge in [0, 0.05) is 0 Å². The van der Waals surface area contributed by atoms with Crippen LogP contribution < -0.4 is 5.32 Å². The second-order valence-electron chi connectivity index (χ2n) is 5.07. The summed E-state index contributed by atoms with van der Waals surface area (Å²) in [5, 5.41) is 2.75. The Balaban J connectivity index is 2.22. The van der Waals surface area contributed by atoms with Crippen molar-refractivity contribution in [3.8, 4) is 0 Å². The first kappa shape index (κ1) is 14.2. The van der Waals surface area contributed by atoms with Crippen LogP contribution in [0.5, 0.6) is 0 Å². The van der Waals surface area contributed by atoms with Crippen LogP contribution >= 0.6 is 0 Å². The standard InChI is InChI=1S/C16H15F2NO/c1-16(2,11-7-9-12(17)10-8-11)19-15(20)13-5-3-4-6-14(13)18/h3-10H,1-2H3,(H,19,20). The molecule has 1 N–H and O–H groups in total. The van der Waals surface area contributed by atoms with Gasteiger partial charge in [-0.2, -0.15) is 0 Å². The van der Waals surface area contributed by atoms with E-state index in [1.54, 1.807) is 32.0 Å². The average molecular weight is 275 g/mol. The monoisotopic (exact) mass is 275 g/mol. The molecule has 0 saturated carbocycles. The number of halogens is 2. The molecule has 1 amide bonds. The van der Waals surface area contributed by atoms with Gasteiger partial charge in [-0.25, -0.2) is 8.78 Å². The Bertz CT molecular complexity index is 621. The van der Waals surface area contributed by atoms with Crippen molar-refractivity contribution in [2.24, 2.45) is 0 Å². The predicted octanol–water partition coefficient (Wildman–Crippen LogP) is 3.63. The van der Waals surface area contributed by atoms with Crippen LogP contribution in [0.25, 0.3) is 0 Å². The van der Waals surface area contributed by atoms with Gasteiger partial charge in [-0.05, 0) is 43.7 Å². The van der Waals surface area contributed by atoms with Crippen molar-refractivity contribution in [1.29, 1.82) is 0 Å². The fourth-order valence-electron chi connectivity index (χ4n) is 1.94. The molecular formula is C16H15F2NO. The van der Waals surface area contributed by atoms with Gasteiger partial charge < -0.3 is 5.32 Å². The number of hydrogen-bond acceptors (Lipinski definition) is 1. The third-order valence-electron chi connectivity index (χ3n) is 3.11. The first-order valence-corrected chi connectivity index (χ1v) is 6.23. The lowest BCUT2D eigenvalue weighted by molar-refractivity contribution is 0.0908. The molecule has 0 heterocycles. The normalized spacial score (nSPS) is 11.2. The van der Waals surface area contributed by atoms with E-state index in [1.807, 2.05) is 0 Å². The number of amides is 1. The highest BCUT2D eigenvalue weighted by Crippen LogP contribution is 2.21. The number of carbonyl (C=O) groups excluding carboxylic acids is 1. The van der Waals surface area contributed by atoms with Crippen LogP contribution in [0.2, 0.25) is 0 Å². The van der Waals surface area contributed by atoms with Gasteiger partial charge in [-0.15, -0.1) is 0 Å². The van der Waals surface area contributed by atoms with E-state index in [9.17, 15) is 13.6 Å². The minimum Gasteiger partial charge on any atom is -0.343 e. The molecule has 2 aromatic carbocycles. The van der Waals surface area contributed by atoms with Crippen molar-refractivity contribution in [3.05, 3.63) is 71.3 Å². The first-order chi connectivity index (χ1) is 9.40. The zero-order valence-electron chi connectivity index (χ0n) is 11.3. The second-order valence-corrected chi connectivity index (χ2v) is 5.07. The number of carbonyl (C=O) groups is 1. The van der Waals surface area contributed by atoms with Gasteiger partial charge in [0.2, 0.25) is 0 Å². The molecule has 2 rings (SSSR count). The van der Waals surface area contributed by atoms with E-state index in [-0.39, 0.29) is 11.4 Å². The molecule has 2 aromatic rings. The summed E-state index contributed by atoms with van der Waals surface area (Å²) in [6.45, 7) is 3.55. The van der Waals surface area contributed by atoms with E-state index in [4.69, 9.17) is 0 Å². The Morgan fingerprint density at radius 3 is 2.20 bits per heavy atom. The summed E-state index contributed by atoms with van der Waals surface area (Å²) < 4.78 is 26.5. The summed E-state index contributed by atoms with van der Waals surface area (Å²) >= 11 is 0. The lowest BCUT2D eigenvalue weighted by atomic mass is 9.94. The molecular weight excluding hydrogens is 260 g/mol. The van der Waals surface area contributed by atoms with Crippen molar-refractivity contribution >= 4 is 5.91 Å². The molecule has 0 radical (unpaired) electrons. The maximum Gasteiger partial charge on any atom is 0.254 e. The lowest BCUT2D eigenvalue weighted by Gasteiger charge is -2.27. The van der Waals surface area contributed by atoms with Crippen LogP contribution in [0, 0.1) is 11.6 Å². The maximum absolute atomic E-state index is 13.6. The number of nitrogens with one attached hydrogen (secondary N) is 1. The highest BCUT2D eigenvalue weighted by atomic mass is 19.1. The molecule has 0 fully saturated rings. The van der Waals surface area contributed by atoms with E-state index in [0.29, 0.717) is 0 Å². The molecule has 104 valence electrons. The van der Waals surface area contributed by atoms with Crippen LogP contribution in [0.3, 0.4) is 0 Å². The Kier molecular flexibility index (Phi) is 3.84. The number of rotatable bonds is 3. The third-order valence-corrected chi connectivity index (χ3v) is 3.11. The molecule has 0 saturated heterocycles. The predicted molar refractivity (Wildman–Crippen MR) is 73.3 cm³/mol. The average Bonchev–Trinajstić information content (AvgIpc) is 2.39. The topological polar surface area (TPSA) is 29.1 Å². The molecule has 0 bridgehead atoms. The lowest BCUT2D eigenvalue weighted by Crippen LogP contribution is -2.41. The zero-order chi connectivity index (χ0) is 14.8. The molecule has 0 aliphatic heterocycles. The van der Waals surface area contributed by atoms with Gasteiger partial charge >= 0.3 is 0 Å². The van der Waals surface area contributed by atoms with Crippen LogP contribution in [0.4, 0.5) is 8.78 Å². The van der Waals surface area contributed by atoms with Crippen LogP contribution in [-0.4, -0.2) is 5.91 Å². The molecule has 0 unspecified atom stereocenters. The first-order valence-electron chi connectivity index (χ1n) is 6.23. The molecule has 20 heavy (non-hydrogen) atoms. The quantitative estimate of drug-likeness (QED) is 0.910. The molecule has 0 aliphatic rings. The van der Waals surface area contributed by atoms with Crippen molar-refractivity contribution < 1.29 is 13.6 Å². The highest BCUT2D eigenvalue weighted by molar-refractivity contribution is 5.94. The van der Waals surface area contributed by atoms with Crippen LogP contribution in [0.1, 0.15) is 29.8 Å². The van der Waals surface area contributed by atoms with Gasteiger partial charge in [0.25, 0.3) is 5.91 Å². The van der Waals surface area contributed by atoms with Crippen LogP contribution in [0.15, 0.2) is 48.5 Å². The number of benzene rings is 2. The zero-order valence-corrected chi connectivity index (χ0v) is 11.3. The van der Waals surface area contributed by atoms with Gasteiger partial charge in [-0.3, -0.25) is 4.79 Å². The molecule has 2 nitrogen and oxygen atoms in total. The van der Waals surface area contributed by atoms with Gasteiger partial charge in [0.1, 0.15) is 11.6 Å². The van der Waals surface area contributed by atoms with Crippen molar-refractivity contribution in [3.63, 3.8) is 0 Å². The largest absolute Gasteiger partial charge is 0.343 e. The van der Waals surface area contributed by atoms with E-state index in [0.717, 1.165) is 5.56 Å². The summed E-state index contributed by atoms with van der Waals surface area (Å²) in [7, 11) is 0. The van der Waals surface area contributed by atoms with Gasteiger partial charge in [0.15, 0.2) is 0 Å². The summed E-state index contributed by atoms with van der Waals surface area (Å²) in [4.78, 5) is 12.1. The molecule has 0 spiro atoms. The fraction of sp³-hybridized carbons (Fsp3) is 0.188. The number of hydrogen-bond donors (Lipinski definition) is 1. The molecule has 0 aliphatic carbocycles. The minimum atomic E-state index is -0.729. The summed E-state index contributed by atoms with van der Waals surface area (Å²) in [6.07, 6.45) is 0. The Morgan fingerprint density at radius 2 is 1.60 bits per heavy atom. The van der Waals surface area contributed by atoms with Crippen LogP contribution in [-0.2, 0) is 5.54 Å². The smallest absolute Gasteiger partial charge is 0.254 e. The Hall–Kier alpha value is -2.23. The highest BCUT2D eigenvalue weighted by Gasteiger charge is 2.24. The maximum atomic E-state index is 13.6. The van der Waals surface area contributed by atoms with Crippen molar-refractivity contribution in [1.82, 2.24) is 5.32 Å². The fourth-order valence-corrected chi connectivity index (χ4v) is 1.94. The van der Waals surface area contributed by atoms with E-state index in [2.05, 4.69) is 5.32 Å². The molecule has 4 heteroatoms. The summed E-state index contributed by atoms with van der Waals surface area (Å²) in [5.74, 6) is -1.41. The van der Waals surface area contributed by atoms with E-state index in [1.165, 1.54) is 30.3 Å². The van der Waals surface area contributed by atoms with Gasteiger partial charge in [-0.1, -0.05) is 24.3 Å². The van der Waals surface area contributed by atoms with E-state index >= 15 is 0 Å². The third kappa shape index (κ3) is 3.02. The van der Waals surface area contributed by atoms with E-state index < -0.39 is 17.3 Å². The van der Waals surface area contributed by atoms with Gasteiger partial charge in [0.05, 0.1) is 11.1 Å². The molecule has 0 aromatic heterocycles. The van der Waals surface area contributed by atoms with Crippen molar-refractivity contribution in [2.75, 3.05) is 0 Å². The second kappa shape index (κ2) is 5.41. The Morgan fingerprint density at radius 1 is 1.00 bits per heavy atom. The minimum absolute atomic E-state index is 0.0114. The SMILES string of the molecule is CC(C)(NC(=O)c1ccccc1F)c1ccc(F)cc1. The summed E-state index contributed by atoms with van der Waals surface area (Å²) in [5.41, 5.74) is -0.00107. The Labute approximate surface area is 116 Å².